The monoisotopic (exact) mass is 496 g/mol. The predicted molar refractivity (Wildman–Crippen MR) is 122 cm³/mol. The standard InChI is InChI=1S/C21H22Cl2N4O4S/c1-15-10-17(23)13-18(11-15)31-19-3-2-16(14-24)12-20(19)32(29,30)27-8-6-26(7-9-27)21(28)25-5-4-22/h2-3,10-13H,4-9H2,1H3,(H,25,28). The third kappa shape index (κ3) is 5.64. The highest BCUT2D eigenvalue weighted by Gasteiger charge is 2.32. The molecule has 170 valence electrons. The summed E-state index contributed by atoms with van der Waals surface area (Å²) in [6, 6.07) is 11.0. The van der Waals surface area contributed by atoms with Gasteiger partial charge in [0.2, 0.25) is 10.0 Å². The van der Waals surface area contributed by atoms with Gasteiger partial charge in [-0.05, 0) is 48.9 Å². The lowest BCUT2D eigenvalue weighted by Crippen LogP contribution is -2.53. The molecule has 2 amide bonds. The number of ether oxygens (including phenoxy) is 1. The number of piperazine rings is 1. The van der Waals surface area contributed by atoms with Gasteiger partial charge in [-0.2, -0.15) is 9.57 Å². The van der Waals surface area contributed by atoms with Gasteiger partial charge in [0, 0.05) is 43.6 Å². The molecule has 0 radical (unpaired) electrons. The SMILES string of the molecule is Cc1cc(Cl)cc(Oc2ccc(C#N)cc2S(=O)(=O)N2CCN(C(=O)NCCCl)CC2)c1. The highest BCUT2D eigenvalue weighted by atomic mass is 35.5. The van der Waals surface area contributed by atoms with Crippen LogP contribution in [-0.4, -0.2) is 62.3 Å². The summed E-state index contributed by atoms with van der Waals surface area (Å²) in [4.78, 5) is 13.5. The van der Waals surface area contributed by atoms with Gasteiger partial charge < -0.3 is 15.0 Å². The van der Waals surface area contributed by atoms with Gasteiger partial charge in [0.1, 0.15) is 16.4 Å². The van der Waals surface area contributed by atoms with E-state index in [1.54, 1.807) is 18.2 Å². The maximum Gasteiger partial charge on any atom is 0.317 e. The second kappa shape index (κ2) is 10.4. The number of nitrogens with one attached hydrogen (secondary N) is 1. The molecular weight excluding hydrogens is 475 g/mol. The van der Waals surface area contributed by atoms with Crippen LogP contribution in [0.2, 0.25) is 5.02 Å². The second-order valence-corrected chi connectivity index (χ2v) is 9.87. The number of hydrogen-bond donors (Lipinski definition) is 1. The predicted octanol–water partition coefficient (Wildman–Crippen LogP) is 3.57. The molecule has 8 nitrogen and oxygen atoms in total. The van der Waals surface area contributed by atoms with Gasteiger partial charge in [-0.25, -0.2) is 13.2 Å². The summed E-state index contributed by atoms with van der Waals surface area (Å²) in [5.74, 6) is 0.773. The Balaban J connectivity index is 1.85. The van der Waals surface area contributed by atoms with Crippen molar-refractivity contribution in [2.45, 2.75) is 11.8 Å². The van der Waals surface area contributed by atoms with Crippen LogP contribution in [0.5, 0.6) is 11.5 Å². The Labute approximate surface area is 197 Å². The van der Waals surface area contributed by atoms with E-state index in [0.29, 0.717) is 23.2 Å². The average Bonchev–Trinajstić information content (AvgIpc) is 2.77. The van der Waals surface area contributed by atoms with Crippen molar-refractivity contribution in [2.24, 2.45) is 0 Å². The van der Waals surface area contributed by atoms with Crippen LogP contribution >= 0.6 is 23.2 Å². The number of nitrogens with zero attached hydrogens (tertiary/aromatic N) is 3. The van der Waals surface area contributed by atoms with Crippen LogP contribution in [0.1, 0.15) is 11.1 Å². The van der Waals surface area contributed by atoms with Crippen molar-refractivity contribution in [1.29, 1.82) is 5.26 Å². The van der Waals surface area contributed by atoms with Crippen LogP contribution in [0.3, 0.4) is 0 Å². The second-order valence-electron chi connectivity index (χ2n) is 7.15. The van der Waals surface area contributed by atoms with Crippen molar-refractivity contribution in [3.63, 3.8) is 0 Å². The van der Waals surface area contributed by atoms with E-state index in [9.17, 15) is 18.5 Å². The fraction of sp³-hybridized carbons (Fsp3) is 0.333. The molecule has 1 heterocycles. The zero-order valence-electron chi connectivity index (χ0n) is 17.3. The lowest BCUT2D eigenvalue weighted by molar-refractivity contribution is 0.173. The van der Waals surface area contributed by atoms with Gasteiger partial charge in [0.15, 0.2) is 0 Å². The Hall–Kier alpha value is -2.51. The maximum atomic E-state index is 13.4. The smallest absolute Gasteiger partial charge is 0.317 e. The number of benzene rings is 2. The first-order valence-corrected chi connectivity index (χ1v) is 12.2. The normalized spacial score (nSPS) is 14.6. The molecule has 3 rings (SSSR count). The van der Waals surface area contributed by atoms with Gasteiger partial charge in [0.05, 0.1) is 11.6 Å². The van der Waals surface area contributed by atoms with Gasteiger partial charge in [0.25, 0.3) is 0 Å². The number of alkyl halides is 1. The summed E-state index contributed by atoms with van der Waals surface area (Å²) in [5, 5.41) is 12.4. The molecule has 1 aliphatic heterocycles. The van der Waals surface area contributed by atoms with Crippen molar-refractivity contribution in [3.8, 4) is 17.6 Å². The lowest BCUT2D eigenvalue weighted by Gasteiger charge is -2.34. The molecule has 0 unspecified atom stereocenters. The number of urea groups is 1. The van der Waals surface area contributed by atoms with Crippen molar-refractivity contribution in [3.05, 3.63) is 52.5 Å². The van der Waals surface area contributed by atoms with Gasteiger partial charge in [-0.15, -0.1) is 11.6 Å². The highest BCUT2D eigenvalue weighted by Crippen LogP contribution is 2.33. The van der Waals surface area contributed by atoms with Crippen molar-refractivity contribution < 1.29 is 17.9 Å². The first-order chi connectivity index (χ1) is 15.2. The fourth-order valence-corrected chi connectivity index (χ4v) is 5.22. The molecule has 0 bridgehead atoms. The summed E-state index contributed by atoms with van der Waals surface area (Å²) >= 11 is 11.7. The summed E-state index contributed by atoms with van der Waals surface area (Å²) < 4.78 is 34.0. The molecule has 11 heteroatoms. The van der Waals surface area contributed by atoms with E-state index in [2.05, 4.69) is 5.32 Å². The number of nitriles is 1. The van der Waals surface area contributed by atoms with Gasteiger partial charge >= 0.3 is 6.03 Å². The van der Waals surface area contributed by atoms with E-state index in [-0.39, 0.29) is 48.4 Å². The molecule has 32 heavy (non-hydrogen) atoms. The fourth-order valence-electron chi connectivity index (χ4n) is 3.29. The zero-order valence-corrected chi connectivity index (χ0v) is 19.7. The molecule has 0 spiro atoms. The van der Waals surface area contributed by atoms with E-state index >= 15 is 0 Å². The zero-order chi connectivity index (χ0) is 23.3. The maximum absolute atomic E-state index is 13.4. The van der Waals surface area contributed by atoms with Crippen LogP contribution in [0.4, 0.5) is 4.79 Å². The number of rotatable bonds is 6. The minimum atomic E-state index is -3.99. The topological polar surface area (TPSA) is 103 Å². The largest absolute Gasteiger partial charge is 0.456 e. The first kappa shape index (κ1) is 24.1. The molecular formula is C21H22Cl2N4O4S. The van der Waals surface area contributed by atoms with Crippen LogP contribution < -0.4 is 10.1 Å². The van der Waals surface area contributed by atoms with Crippen LogP contribution in [-0.2, 0) is 10.0 Å². The molecule has 0 aliphatic carbocycles. The molecule has 2 aromatic rings. The van der Waals surface area contributed by atoms with Crippen LogP contribution in [0.25, 0.3) is 0 Å². The van der Waals surface area contributed by atoms with Gasteiger partial charge in [-0.1, -0.05) is 11.6 Å². The van der Waals surface area contributed by atoms with Crippen LogP contribution in [0.15, 0.2) is 41.3 Å². The Morgan fingerprint density at radius 1 is 1.19 bits per heavy atom. The number of halogens is 2. The number of carbonyl (C=O) groups is 1. The lowest BCUT2D eigenvalue weighted by atomic mass is 10.2. The van der Waals surface area contributed by atoms with E-state index in [1.165, 1.54) is 27.4 Å². The third-order valence-electron chi connectivity index (χ3n) is 4.83. The van der Waals surface area contributed by atoms with Crippen LogP contribution in [0, 0.1) is 18.3 Å². The number of hydrogen-bond acceptors (Lipinski definition) is 5. The Kier molecular flexibility index (Phi) is 7.85. The summed E-state index contributed by atoms with van der Waals surface area (Å²) in [6.45, 7) is 2.87. The molecule has 0 atom stereocenters. The number of amides is 2. The third-order valence-corrected chi connectivity index (χ3v) is 7.16. The first-order valence-electron chi connectivity index (χ1n) is 9.82. The van der Waals surface area contributed by atoms with E-state index in [0.717, 1.165) is 5.56 Å². The molecule has 0 saturated carbocycles. The summed E-state index contributed by atoms with van der Waals surface area (Å²) in [7, 11) is -3.99. The summed E-state index contributed by atoms with van der Waals surface area (Å²) in [6.07, 6.45) is 0. The molecule has 1 fully saturated rings. The average molecular weight is 497 g/mol. The van der Waals surface area contributed by atoms with Crippen molar-refractivity contribution in [1.82, 2.24) is 14.5 Å². The Bertz CT molecular complexity index is 1120. The quantitative estimate of drug-likeness (QED) is 0.615. The van der Waals surface area contributed by atoms with Crippen molar-refractivity contribution in [2.75, 3.05) is 38.6 Å². The molecule has 0 aromatic heterocycles. The number of carbonyl (C=O) groups excluding carboxylic acids is 1. The summed E-state index contributed by atoms with van der Waals surface area (Å²) in [5.41, 5.74) is 1.05. The number of aryl methyl sites for hydroxylation is 1. The van der Waals surface area contributed by atoms with Gasteiger partial charge in [-0.3, -0.25) is 0 Å². The molecule has 1 N–H and O–H groups in total. The Morgan fingerprint density at radius 3 is 2.53 bits per heavy atom. The Morgan fingerprint density at radius 2 is 1.91 bits per heavy atom. The van der Waals surface area contributed by atoms with Crippen molar-refractivity contribution >= 4 is 39.3 Å². The number of sulfonamides is 1. The molecule has 1 aliphatic rings. The van der Waals surface area contributed by atoms with E-state index < -0.39 is 10.0 Å². The van der Waals surface area contributed by atoms with E-state index in [1.807, 2.05) is 13.0 Å². The molecule has 1 saturated heterocycles. The minimum absolute atomic E-state index is 0.0907. The molecule has 2 aromatic carbocycles. The highest BCUT2D eigenvalue weighted by molar-refractivity contribution is 7.89. The minimum Gasteiger partial charge on any atom is -0.456 e. The van der Waals surface area contributed by atoms with E-state index in [4.69, 9.17) is 27.9 Å².